The van der Waals surface area contributed by atoms with Crippen molar-refractivity contribution >= 4 is 0 Å². The molecule has 166 valence electrons. The van der Waals surface area contributed by atoms with Crippen molar-refractivity contribution in [2.75, 3.05) is 26.8 Å². The Kier molecular flexibility index (Phi) is 11.0. The molecule has 0 N–H and O–H groups in total. The second kappa shape index (κ2) is 13.5. The number of hydrogen-bond acceptors (Lipinski definition) is 2. The molecule has 0 spiro atoms. The van der Waals surface area contributed by atoms with Crippen LogP contribution in [-0.4, -0.2) is 37.5 Å². The van der Waals surface area contributed by atoms with Crippen molar-refractivity contribution < 1.29 is 14.0 Å². The number of benzene rings is 2. The zero-order valence-corrected chi connectivity index (χ0v) is 19.6. The molecule has 0 radical (unpaired) electrons. The lowest BCUT2D eigenvalue weighted by Crippen LogP contribution is -2.52. The number of nitrogens with zero attached hydrogens (tertiary/aromatic N) is 1. The molecule has 0 amide bonds. The molecule has 3 nitrogen and oxygen atoms in total. The minimum absolute atomic E-state index is 0.125. The highest BCUT2D eigenvalue weighted by atomic mass is 16.5. The Morgan fingerprint density at radius 1 is 0.767 bits per heavy atom. The van der Waals surface area contributed by atoms with Crippen molar-refractivity contribution in [3.63, 3.8) is 0 Å². The van der Waals surface area contributed by atoms with Crippen LogP contribution in [0.4, 0.5) is 0 Å². The van der Waals surface area contributed by atoms with Gasteiger partial charge in [-0.3, -0.25) is 4.48 Å². The molecule has 0 aliphatic carbocycles. The fourth-order valence-electron chi connectivity index (χ4n) is 3.84. The Morgan fingerprint density at radius 3 is 2.07 bits per heavy atom. The van der Waals surface area contributed by atoms with Gasteiger partial charge in [0.15, 0.2) is 6.23 Å². The van der Waals surface area contributed by atoms with E-state index in [2.05, 4.69) is 58.2 Å². The molecule has 0 aliphatic rings. The molecule has 0 aromatic heterocycles. The fraction of sp³-hybridized carbons (Fsp3) is 0.556. The Balaban J connectivity index is 1.83. The molecule has 0 bridgehead atoms. The average Bonchev–Trinajstić information content (AvgIpc) is 2.75. The van der Waals surface area contributed by atoms with Gasteiger partial charge in [-0.1, -0.05) is 81.6 Å². The van der Waals surface area contributed by atoms with Crippen molar-refractivity contribution in [3.8, 4) is 5.75 Å². The second-order valence-corrected chi connectivity index (χ2v) is 9.08. The van der Waals surface area contributed by atoms with E-state index in [0.29, 0.717) is 13.2 Å². The lowest BCUT2D eigenvalue weighted by molar-refractivity contribution is -0.965. The van der Waals surface area contributed by atoms with Gasteiger partial charge in [-0.25, -0.2) is 0 Å². The molecule has 2 aromatic carbocycles. The molecule has 2 atom stereocenters. The highest BCUT2D eigenvalue weighted by molar-refractivity contribution is 5.20. The summed E-state index contributed by atoms with van der Waals surface area (Å²) < 4.78 is 13.0. The third-order valence-corrected chi connectivity index (χ3v) is 5.92. The molecule has 2 aromatic rings. The van der Waals surface area contributed by atoms with Crippen LogP contribution in [0, 0.1) is 5.92 Å². The van der Waals surface area contributed by atoms with Gasteiger partial charge in [0, 0.05) is 12.5 Å². The summed E-state index contributed by atoms with van der Waals surface area (Å²) in [5.41, 5.74) is 1.37. The van der Waals surface area contributed by atoms with Crippen LogP contribution in [0.5, 0.6) is 5.75 Å². The summed E-state index contributed by atoms with van der Waals surface area (Å²) in [7, 11) is 2.34. The molecule has 30 heavy (non-hydrogen) atoms. The van der Waals surface area contributed by atoms with Gasteiger partial charge < -0.3 is 9.47 Å². The summed E-state index contributed by atoms with van der Waals surface area (Å²) >= 11 is 0. The van der Waals surface area contributed by atoms with Crippen LogP contribution in [0.15, 0.2) is 60.7 Å². The van der Waals surface area contributed by atoms with Crippen molar-refractivity contribution in [2.24, 2.45) is 5.92 Å². The van der Waals surface area contributed by atoms with Crippen LogP contribution in [0.3, 0.4) is 0 Å². The first-order valence-electron chi connectivity index (χ1n) is 11.7. The number of ether oxygens (including phenoxy) is 2. The molecule has 0 heterocycles. The van der Waals surface area contributed by atoms with Crippen molar-refractivity contribution in [3.05, 3.63) is 66.2 Å². The summed E-state index contributed by atoms with van der Waals surface area (Å²) in [6, 6.07) is 20.8. The Labute approximate surface area is 184 Å². The normalized spacial score (nSPS) is 14.4. The Bertz CT molecular complexity index is 674. The molecule has 2 unspecified atom stereocenters. The highest BCUT2D eigenvalue weighted by Crippen LogP contribution is 2.20. The zero-order chi connectivity index (χ0) is 21.7. The summed E-state index contributed by atoms with van der Waals surface area (Å²) in [5.74, 6) is 1.72. The minimum Gasteiger partial charge on any atom is -0.491 e. The molecular weight excluding hydrogens is 370 g/mol. The molecule has 2 rings (SSSR count). The smallest absolute Gasteiger partial charge is 0.190 e. The summed E-state index contributed by atoms with van der Waals surface area (Å²) in [5, 5.41) is 0. The third-order valence-electron chi connectivity index (χ3n) is 5.92. The predicted octanol–water partition coefficient (Wildman–Crippen LogP) is 6.68. The lowest BCUT2D eigenvalue weighted by Gasteiger charge is -2.39. The van der Waals surface area contributed by atoms with Crippen LogP contribution in [0.2, 0.25) is 0 Å². The van der Waals surface area contributed by atoms with Gasteiger partial charge in [0.25, 0.3) is 0 Å². The zero-order valence-electron chi connectivity index (χ0n) is 19.6. The van der Waals surface area contributed by atoms with E-state index in [1.165, 1.54) is 37.7 Å². The number of para-hydroxylation sites is 1. The van der Waals surface area contributed by atoms with Crippen molar-refractivity contribution in [1.29, 1.82) is 0 Å². The van der Waals surface area contributed by atoms with Crippen LogP contribution >= 0.6 is 0 Å². The van der Waals surface area contributed by atoms with E-state index in [-0.39, 0.29) is 6.23 Å². The maximum absolute atomic E-state index is 6.26. The Morgan fingerprint density at radius 2 is 1.40 bits per heavy atom. The molecule has 0 saturated carbocycles. The van der Waals surface area contributed by atoms with Crippen LogP contribution in [0.1, 0.15) is 58.4 Å². The second-order valence-electron chi connectivity index (χ2n) is 9.08. The summed E-state index contributed by atoms with van der Waals surface area (Å²) in [4.78, 5) is 0. The average molecular weight is 413 g/mol. The third kappa shape index (κ3) is 9.32. The molecule has 3 heteroatoms. The van der Waals surface area contributed by atoms with Crippen LogP contribution in [0.25, 0.3) is 0 Å². The number of hydrogen-bond donors (Lipinski definition) is 0. The molecule has 0 aliphatic heterocycles. The van der Waals surface area contributed by atoms with Gasteiger partial charge in [0.1, 0.15) is 18.9 Å². The van der Waals surface area contributed by atoms with E-state index >= 15 is 0 Å². The van der Waals surface area contributed by atoms with Gasteiger partial charge in [-0.05, 0) is 30.9 Å². The first kappa shape index (κ1) is 24.4. The van der Waals surface area contributed by atoms with E-state index in [1.807, 2.05) is 30.3 Å². The van der Waals surface area contributed by atoms with Gasteiger partial charge in [-0.2, -0.15) is 0 Å². The fourth-order valence-corrected chi connectivity index (χ4v) is 3.84. The van der Waals surface area contributed by atoms with E-state index in [4.69, 9.17) is 9.47 Å². The molecule has 0 saturated heterocycles. The van der Waals surface area contributed by atoms with Gasteiger partial charge in [0.05, 0.1) is 20.2 Å². The first-order chi connectivity index (χ1) is 14.5. The Hall–Kier alpha value is -1.84. The quantitative estimate of drug-likeness (QED) is 0.184. The minimum atomic E-state index is 0.125. The molecular formula is C27H42NO2+. The van der Waals surface area contributed by atoms with Crippen LogP contribution < -0.4 is 4.74 Å². The van der Waals surface area contributed by atoms with Crippen molar-refractivity contribution in [1.82, 2.24) is 0 Å². The van der Waals surface area contributed by atoms with Gasteiger partial charge in [-0.15, -0.1) is 0 Å². The maximum atomic E-state index is 6.26. The number of quaternary nitrogens is 1. The first-order valence-corrected chi connectivity index (χ1v) is 11.7. The number of rotatable bonds is 15. The lowest BCUT2D eigenvalue weighted by atomic mass is 10.0. The van der Waals surface area contributed by atoms with E-state index in [1.54, 1.807) is 0 Å². The van der Waals surface area contributed by atoms with E-state index in [9.17, 15) is 0 Å². The summed E-state index contributed by atoms with van der Waals surface area (Å²) in [6.07, 6.45) is 6.71. The number of unbranched alkanes of at least 4 members (excludes halogenated alkanes) is 3. The monoisotopic (exact) mass is 412 g/mol. The van der Waals surface area contributed by atoms with Crippen LogP contribution in [-0.2, 0) is 11.3 Å². The SMILES string of the molecule is CC(C)CCCCCC[N+](C)(Cc1ccccc1)C(C)OCCOc1ccccc1. The largest absolute Gasteiger partial charge is 0.491 e. The summed E-state index contributed by atoms with van der Waals surface area (Å²) in [6.45, 7) is 10.2. The van der Waals surface area contributed by atoms with Crippen molar-refractivity contribution in [2.45, 2.75) is 65.6 Å². The topological polar surface area (TPSA) is 18.5 Å². The maximum Gasteiger partial charge on any atom is 0.190 e. The molecule has 0 fully saturated rings. The standard InChI is InChI=1S/C27H42NO2/c1-24(2)15-9-5-6-14-20-28(4,23-26-16-10-7-11-17-26)25(3)29-21-22-30-27-18-12-8-13-19-27/h7-8,10-13,16-19,24-25H,5-6,9,14-15,20-23H2,1-4H3/q+1. The van der Waals surface area contributed by atoms with E-state index in [0.717, 1.165) is 29.2 Å². The van der Waals surface area contributed by atoms with E-state index < -0.39 is 0 Å². The predicted molar refractivity (Wildman–Crippen MR) is 126 cm³/mol. The van der Waals surface area contributed by atoms with Gasteiger partial charge >= 0.3 is 0 Å². The highest BCUT2D eigenvalue weighted by Gasteiger charge is 2.29. The van der Waals surface area contributed by atoms with Gasteiger partial charge in [0.2, 0.25) is 0 Å².